The van der Waals surface area contributed by atoms with Gasteiger partial charge in [-0.05, 0) is 60.5 Å². The highest BCUT2D eigenvalue weighted by atomic mass is 16.5. The highest BCUT2D eigenvalue weighted by Gasteiger charge is 2.00. The molecule has 0 unspecified atom stereocenters. The molecule has 0 aliphatic rings. The van der Waals surface area contributed by atoms with Crippen molar-refractivity contribution in [3.05, 3.63) is 84.4 Å². The summed E-state index contributed by atoms with van der Waals surface area (Å²) in [6.07, 6.45) is 2.22. The van der Waals surface area contributed by atoms with Gasteiger partial charge in [-0.1, -0.05) is 43.7 Å². The molecule has 0 radical (unpaired) electrons. The van der Waals surface area contributed by atoms with Crippen LogP contribution < -0.4 is 19.5 Å². The molecular weight excluding hydrogens is 362 g/mol. The summed E-state index contributed by atoms with van der Waals surface area (Å²) in [6.45, 7) is 4.68. The van der Waals surface area contributed by atoms with Crippen molar-refractivity contribution >= 4 is 5.69 Å². The van der Waals surface area contributed by atoms with E-state index in [1.165, 1.54) is 0 Å². The number of nitrogens with one attached hydrogen (secondary N) is 1. The van der Waals surface area contributed by atoms with Gasteiger partial charge in [0.2, 0.25) is 0 Å². The summed E-state index contributed by atoms with van der Waals surface area (Å²) >= 11 is 0. The summed E-state index contributed by atoms with van der Waals surface area (Å²) in [4.78, 5) is 0. The Kier molecular flexibility index (Phi) is 8.27. The third-order valence-corrected chi connectivity index (χ3v) is 4.38. The van der Waals surface area contributed by atoms with Gasteiger partial charge in [0.25, 0.3) is 0 Å². The van der Waals surface area contributed by atoms with Crippen molar-refractivity contribution in [2.24, 2.45) is 0 Å². The smallest absolute Gasteiger partial charge is 0.122 e. The molecule has 29 heavy (non-hydrogen) atoms. The molecule has 0 saturated carbocycles. The summed E-state index contributed by atoms with van der Waals surface area (Å²) in [6, 6.07) is 26.0. The second-order valence-electron chi connectivity index (χ2n) is 6.74. The second kappa shape index (κ2) is 11.6. The van der Waals surface area contributed by atoms with Crippen molar-refractivity contribution in [2.45, 2.75) is 26.3 Å². The van der Waals surface area contributed by atoms with E-state index >= 15 is 0 Å². The molecular formula is C25H29NO3. The highest BCUT2D eigenvalue weighted by molar-refractivity contribution is 5.47. The lowest BCUT2D eigenvalue weighted by Crippen LogP contribution is -2.09. The average molecular weight is 392 g/mol. The minimum absolute atomic E-state index is 0.505. The van der Waals surface area contributed by atoms with Crippen LogP contribution in [0.2, 0.25) is 0 Å². The van der Waals surface area contributed by atoms with Gasteiger partial charge in [0.15, 0.2) is 0 Å². The lowest BCUT2D eigenvalue weighted by atomic mass is 10.2. The molecule has 152 valence electrons. The number of anilines is 1. The first kappa shape index (κ1) is 20.6. The van der Waals surface area contributed by atoms with Crippen LogP contribution in [0.25, 0.3) is 0 Å². The second-order valence-corrected chi connectivity index (χ2v) is 6.74. The molecule has 0 spiro atoms. The van der Waals surface area contributed by atoms with Crippen LogP contribution in [0.4, 0.5) is 5.69 Å². The van der Waals surface area contributed by atoms with Crippen LogP contribution in [0.3, 0.4) is 0 Å². The Morgan fingerprint density at radius 3 is 2.07 bits per heavy atom. The summed E-state index contributed by atoms with van der Waals surface area (Å²) in [5.74, 6) is 2.62. The minimum Gasteiger partial charge on any atom is -0.494 e. The number of para-hydroxylation sites is 1. The van der Waals surface area contributed by atoms with Gasteiger partial charge in [-0.3, -0.25) is 0 Å². The molecule has 0 amide bonds. The first-order valence-corrected chi connectivity index (χ1v) is 10.2. The van der Waals surface area contributed by atoms with E-state index in [9.17, 15) is 0 Å². The number of ether oxygens (including phenoxy) is 3. The van der Waals surface area contributed by atoms with Gasteiger partial charge in [-0.25, -0.2) is 0 Å². The normalized spacial score (nSPS) is 10.4. The van der Waals surface area contributed by atoms with Crippen LogP contribution in [-0.4, -0.2) is 19.8 Å². The Bertz CT molecular complexity index is 834. The first-order chi connectivity index (χ1) is 14.3. The minimum atomic E-state index is 0.505. The van der Waals surface area contributed by atoms with E-state index in [-0.39, 0.29) is 0 Å². The molecule has 0 bridgehead atoms. The topological polar surface area (TPSA) is 39.7 Å². The molecule has 0 heterocycles. The van der Waals surface area contributed by atoms with E-state index in [1.807, 2.05) is 66.7 Å². The maximum Gasteiger partial charge on any atom is 0.122 e. The standard InChI is InChI=1S/C25H29NO3/c1-2-3-16-27-24-14-12-22(13-15-24)26-20-21-8-7-11-25(19-21)29-18-17-28-23-9-5-4-6-10-23/h4-15,19,26H,2-3,16-18,20H2,1H3. The van der Waals surface area contributed by atoms with E-state index in [0.29, 0.717) is 13.2 Å². The number of hydrogen-bond acceptors (Lipinski definition) is 4. The molecule has 0 atom stereocenters. The Morgan fingerprint density at radius 1 is 0.655 bits per heavy atom. The Balaban J connectivity index is 1.41. The van der Waals surface area contributed by atoms with Gasteiger partial charge < -0.3 is 19.5 Å². The fraction of sp³-hybridized carbons (Fsp3) is 0.280. The summed E-state index contributed by atoms with van der Waals surface area (Å²) < 4.78 is 17.2. The Labute approximate surface area is 173 Å². The molecule has 3 aromatic rings. The fourth-order valence-corrected chi connectivity index (χ4v) is 2.79. The number of benzene rings is 3. The van der Waals surface area contributed by atoms with E-state index < -0.39 is 0 Å². The van der Waals surface area contributed by atoms with Crippen molar-refractivity contribution in [2.75, 3.05) is 25.1 Å². The van der Waals surface area contributed by atoms with Crippen molar-refractivity contribution in [3.8, 4) is 17.2 Å². The molecule has 0 saturated heterocycles. The van der Waals surface area contributed by atoms with E-state index in [2.05, 4.69) is 24.4 Å². The average Bonchev–Trinajstić information content (AvgIpc) is 2.77. The van der Waals surface area contributed by atoms with Crippen LogP contribution in [0, 0.1) is 0 Å². The largest absolute Gasteiger partial charge is 0.494 e. The van der Waals surface area contributed by atoms with Gasteiger partial charge in [-0.15, -0.1) is 0 Å². The van der Waals surface area contributed by atoms with Gasteiger partial charge in [0.05, 0.1) is 6.61 Å². The zero-order chi connectivity index (χ0) is 20.2. The summed E-state index contributed by atoms with van der Waals surface area (Å²) in [5, 5.41) is 3.44. The van der Waals surface area contributed by atoms with E-state index in [0.717, 1.165) is 54.5 Å². The van der Waals surface area contributed by atoms with Gasteiger partial charge in [0.1, 0.15) is 30.5 Å². The molecule has 0 fully saturated rings. The number of unbranched alkanes of at least 4 members (excludes halogenated alkanes) is 1. The first-order valence-electron chi connectivity index (χ1n) is 10.2. The van der Waals surface area contributed by atoms with E-state index in [1.54, 1.807) is 0 Å². The molecule has 0 aromatic heterocycles. The lowest BCUT2D eigenvalue weighted by Gasteiger charge is -2.11. The monoisotopic (exact) mass is 391 g/mol. The van der Waals surface area contributed by atoms with Crippen molar-refractivity contribution in [1.29, 1.82) is 0 Å². The summed E-state index contributed by atoms with van der Waals surface area (Å²) in [7, 11) is 0. The maximum atomic E-state index is 5.81. The van der Waals surface area contributed by atoms with Crippen molar-refractivity contribution < 1.29 is 14.2 Å². The molecule has 3 rings (SSSR count). The van der Waals surface area contributed by atoms with Crippen molar-refractivity contribution in [1.82, 2.24) is 0 Å². The van der Waals surface area contributed by atoms with Crippen LogP contribution >= 0.6 is 0 Å². The predicted molar refractivity (Wildman–Crippen MR) is 118 cm³/mol. The SMILES string of the molecule is CCCCOc1ccc(NCc2cccc(OCCOc3ccccc3)c2)cc1. The predicted octanol–water partition coefficient (Wildman–Crippen LogP) is 5.94. The van der Waals surface area contributed by atoms with Crippen LogP contribution in [0.5, 0.6) is 17.2 Å². The lowest BCUT2D eigenvalue weighted by molar-refractivity contribution is 0.217. The van der Waals surface area contributed by atoms with E-state index in [4.69, 9.17) is 14.2 Å². The highest BCUT2D eigenvalue weighted by Crippen LogP contribution is 2.18. The van der Waals surface area contributed by atoms with Crippen LogP contribution in [0.15, 0.2) is 78.9 Å². The molecule has 0 aliphatic carbocycles. The zero-order valence-electron chi connectivity index (χ0n) is 17.0. The third-order valence-electron chi connectivity index (χ3n) is 4.38. The third kappa shape index (κ3) is 7.41. The van der Waals surface area contributed by atoms with Gasteiger partial charge in [-0.2, -0.15) is 0 Å². The van der Waals surface area contributed by atoms with Gasteiger partial charge in [0, 0.05) is 12.2 Å². The molecule has 4 heteroatoms. The van der Waals surface area contributed by atoms with Crippen LogP contribution in [0.1, 0.15) is 25.3 Å². The van der Waals surface area contributed by atoms with Crippen molar-refractivity contribution in [3.63, 3.8) is 0 Å². The number of rotatable bonds is 12. The summed E-state index contributed by atoms with van der Waals surface area (Å²) in [5.41, 5.74) is 2.23. The Hall–Kier alpha value is -3.14. The van der Waals surface area contributed by atoms with Gasteiger partial charge >= 0.3 is 0 Å². The Morgan fingerprint density at radius 2 is 1.31 bits per heavy atom. The fourth-order valence-electron chi connectivity index (χ4n) is 2.79. The van der Waals surface area contributed by atoms with Crippen LogP contribution in [-0.2, 0) is 6.54 Å². The maximum absolute atomic E-state index is 5.81. The quantitative estimate of drug-likeness (QED) is 0.388. The molecule has 0 aliphatic heterocycles. The number of hydrogen-bond donors (Lipinski definition) is 1. The molecule has 3 aromatic carbocycles. The zero-order valence-corrected chi connectivity index (χ0v) is 17.0. The molecule has 4 nitrogen and oxygen atoms in total. The molecule has 1 N–H and O–H groups in total.